The van der Waals surface area contributed by atoms with Crippen LogP contribution in [-0.4, -0.2) is 13.7 Å². The Kier molecular flexibility index (Phi) is 2.84. The fourth-order valence-electron chi connectivity index (χ4n) is 2.29. The van der Waals surface area contributed by atoms with Crippen molar-refractivity contribution in [1.82, 2.24) is 0 Å². The van der Waals surface area contributed by atoms with Gasteiger partial charge in [0.05, 0.1) is 7.11 Å². The molecule has 0 aliphatic heterocycles. The van der Waals surface area contributed by atoms with Crippen molar-refractivity contribution in [1.29, 1.82) is 0 Å². The summed E-state index contributed by atoms with van der Waals surface area (Å²) in [6.07, 6.45) is 2.67. The van der Waals surface area contributed by atoms with Crippen LogP contribution >= 0.6 is 0 Å². The fraction of sp³-hybridized carbons (Fsp3) is 0.500. The molecule has 1 aromatic carbocycles. The maximum atomic E-state index is 13.8. The van der Waals surface area contributed by atoms with Crippen molar-refractivity contribution in [2.75, 3.05) is 13.7 Å². The van der Waals surface area contributed by atoms with Gasteiger partial charge in [-0.15, -0.1) is 0 Å². The van der Waals surface area contributed by atoms with Crippen LogP contribution in [0.15, 0.2) is 12.1 Å². The van der Waals surface area contributed by atoms with Gasteiger partial charge in [0.2, 0.25) is 5.82 Å². The van der Waals surface area contributed by atoms with Crippen LogP contribution in [-0.2, 0) is 5.41 Å². The highest BCUT2D eigenvalue weighted by atomic mass is 19.2. The highest BCUT2D eigenvalue weighted by Gasteiger charge is 2.40. The van der Waals surface area contributed by atoms with E-state index in [1.165, 1.54) is 13.2 Å². The van der Waals surface area contributed by atoms with Gasteiger partial charge in [0, 0.05) is 12.0 Å². The van der Waals surface area contributed by atoms with Gasteiger partial charge in [-0.1, -0.05) is 12.5 Å². The van der Waals surface area contributed by atoms with Crippen LogP contribution < -0.4 is 10.5 Å². The van der Waals surface area contributed by atoms with Gasteiger partial charge in [-0.05, 0) is 24.5 Å². The summed E-state index contributed by atoms with van der Waals surface area (Å²) in [7, 11) is 1.32. The molecule has 1 aliphatic carbocycles. The van der Waals surface area contributed by atoms with Gasteiger partial charge in [-0.3, -0.25) is 0 Å². The fourth-order valence-corrected chi connectivity index (χ4v) is 2.29. The average molecular weight is 227 g/mol. The van der Waals surface area contributed by atoms with E-state index in [-0.39, 0.29) is 11.2 Å². The molecule has 0 bridgehead atoms. The van der Waals surface area contributed by atoms with Crippen LogP contribution in [0.3, 0.4) is 0 Å². The first kappa shape index (κ1) is 11.3. The summed E-state index contributed by atoms with van der Waals surface area (Å²) in [5, 5.41) is 0. The maximum Gasteiger partial charge on any atom is 0.200 e. The molecule has 0 spiro atoms. The van der Waals surface area contributed by atoms with Crippen molar-refractivity contribution in [2.24, 2.45) is 5.73 Å². The number of hydrogen-bond acceptors (Lipinski definition) is 2. The zero-order valence-corrected chi connectivity index (χ0v) is 9.22. The van der Waals surface area contributed by atoms with E-state index in [1.54, 1.807) is 6.07 Å². The molecule has 1 aliphatic rings. The van der Waals surface area contributed by atoms with E-state index in [0.717, 1.165) is 19.3 Å². The molecule has 0 aromatic heterocycles. The van der Waals surface area contributed by atoms with Crippen LogP contribution in [0, 0.1) is 11.6 Å². The molecule has 0 atom stereocenters. The molecule has 1 aromatic rings. The molecule has 2 rings (SSSR count). The van der Waals surface area contributed by atoms with E-state index in [9.17, 15) is 8.78 Å². The summed E-state index contributed by atoms with van der Waals surface area (Å²) in [5.41, 5.74) is 5.69. The first-order chi connectivity index (χ1) is 7.64. The maximum absolute atomic E-state index is 13.8. The molecule has 0 saturated heterocycles. The van der Waals surface area contributed by atoms with Crippen molar-refractivity contribution < 1.29 is 13.5 Å². The summed E-state index contributed by atoms with van der Waals surface area (Å²) in [5.74, 6) is -1.79. The minimum atomic E-state index is -0.917. The summed E-state index contributed by atoms with van der Waals surface area (Å²) in [4.78, 5) is 0. The third kappa shape index (κ3) is 1.48. The molecule has 88 valence electrons. The van der Waals surface area contributed by atoms with E-state index >= 15 is 0 Å². The standard InChI is InChI=1S/C12H15F2NO/c1-16-9-4-3-8(10(13)11(9)14)12(7-15)5-2-6-12/h3-4H,2,5-7,15H2,1H3. The number of halogens is 2. The van der Waals surface area contributed by atoms with Gasteiger partial charge in [0.15, 0.2) is 11.6 Å². The van der Waals surface area contributed by atoms with Crippen molar-refractivity contribution >= 4 is 0 Å². The SMILES string of the molecule is COc1ccc(C2(CN)CCC2)c(F)c1F. The summed E-state index contributed by atoms with van der Waals surface area (Å²) in [6, 6.07) is 3.05. The quantitative estimate of drug-likeness (QED) is 0.860. The molecular weight excluding hydrogens is 212 g/mol. The highest BCUT2D eigenvalue weighted by molar-refractivity contribution is 5.37. The Morgan fingerprint density at radius 2 is 2.00 bits per heavy atom. The Morgan fingerprint density at radius 3 is 2.44 bits per heavy atom. The largest absolute Gasteiger partial charge is 0.494 e. The number of nitrogens with two attached hydrogens (primary N) is 1. The smallest absolute Gasteiger partial charge is 0.200 e. The Bertz CT molecular complexity index is 397. The number of rotatable bonds is 3. The van der Waals surface area contributed by atoms with Crippen LogP contribution in [0.25, 0.3) is 0 Å². The lowest BCUT2D eigenvalue weighted by Gasteiger charge is -2.41. The number of hydrogen-bond donors (Lipinski definition) is 1. The van der Waals surface area contributed by atoms with Gasteiger partial charge in [-0.2, -0.15) is 4.39 Å². The van der Waals surface area contributed by atoms with Crippen molar-refractivity contribution in [3.63, 3.8) is 0 Å². The zero-order chi connectivity index (χ0) is 11.8. The number of ether oxygens (including phenoxy) is 1. The van der Waals surface area contributed by atoms with Crippen LogP contribution in [0.2, 0.25) is 0 Å². The second-order valence-electron chi connectivity index (χ2n) is 4.28. The predicted octanol–water partition coefficient (Wildman–Crippen LogP) is 2.35. The van der Waals surface area contributed by atoms with Crippen LogP contribution in [0.4, 0.5) is 8.78 Å². The molecular formula is C12H15F2NO. The summed E-state index contributed by atoms with van der Waals surface area (Å²) >= 11 is 0. The molecule has 0 radical (unpaired) electrons. The number of benzene rings is 1. The lowest BCUT2D eigenvalue weighted by Crippen LogP contribution is -2.42. The molecule has 2 N–H and O–H groups in total. The molecule has 1 fully saturated rings. The van der Waals surface area contributed by atoms with Gasteiger partial charge < -0.3 is 10.5 Å². The van der Waals surface area contributed by atoms with E-state index in [1.807, 2.05) is 0 Å². The second kappa shape index (κ2) is 4.01. The van der Waals surface area contributed by atoms with Crippen molar-refractivity contribution in [3.05, 3.63) is 29.3 Å². The van der Waals surface area contributed by atoms with Crippen molar-refractivity contribution in [2.45, 2.75) is 24.7 Å². The highest BCUT2D eigenvalue weighted by Crippen LogP contribution is 2.44. The topological polar surface area (TPSA) is 35.2 Å². The average Bonchev–Trinajstić information content (AvgIpc) is 2.23. The van der Waals surface area contributed by atoms with Gasteiger partial charge in [0.1, 0.15) is 0 Å². The monoisotopic (exact) mass is 227 g/mol. The predicted molar refractivity (Wildman–Crippen MR) is 57.5 cm³/mol. The van der Waals surface area contributed by atoms with E-state index in [2.05, 4.69) is 0 Å². The van der Waals surface area contributed by atoms with Gasteiger partial charge >= 0.3 is 0 Å². The van der Waals surface area contributed by atoms with Gasteiger partial charge in [0.25, 0.3) is 0 Å². The third-order valence-corrected chi connectivity index (χ3v) is 3.54. The molecule has 4 heteroatoms. The minimum absolute atomic E-state index is 0.0623. The molecule has 16 heavy (non-hydrogen) atoms. The minimum Gasteiger partial charge on any atom is -0.494 e. The Balaban J connectivity index is 2.46. The normalized spacial score (nSPS) is 18.0. The van der Waals surface area contributed by atoms with Crippen molar-refractivity contribution in [3.8, 4) is 5.75 Å². The zero-order valence-electron chi connectivity index (χ0n) is 9.22. The molecule has 2 nitrogen and oxygen atoms in total. The summed E-state index contributed by atoms with van der Waals surface area (Å²) < 4.78 is 32.1. The Labute approximate surface area is 93.4 Å². The Morgan fingerprint density at radius 1 is 1.31 bits per heavy atom. The van der Waals surface area contributed by atoms with E-state index < -0.39 is 11.6 Å². The first-order valence-electron chi connectivity index (χ1n) is 5.37. The van der Waals surface area contributed by atoms with Gasteiger partial charge in [-0.25, -0.2) is 4.39 Å². The van der Waals surface area contributed by atoms with E-state index in [0.29, 0.717) is 12.1 Å². The second-order valence-corrected chi connectivity index (χ2v) is 4.28. The van der Waals surface area contributed by atoms with Crippen LogP contribution in [0.5, 0.6) is 5.75 Å². The molecule has 0 unspecified atom stereocenters. The van der Waals surface area contributed by atoms with E-state index in [4.69, 9.17) is 10.5 Å². The Hall–Kier alpha value is -1.16. The molecule has 1 saturated carbocycles. The third-order valence-electron chi connectivity index (χ3n) is 3.54. The molecule has 0 heterocycles. The lowest BCUT2D eigenvalue weighted by molar-refractivity contribution is 0.240. The lowest BCUT2D eigenvalue weighted by atomic mass is 9.64. The number of methoxy groups -OCH3 is 1. The van der Waals surface area contributed by atoms with Crippen LogP contribution in [0.1, 0.15) is 24.8 Å². The first-order valence-corrected chi connectivity index (χ1v) is 5.37. The summed E-state index contributed by atoms with van der Waals surface area (Å²) in [6.45, 7) is 0.357. The molecule has 0 amide bonds.